The minimum Gasteiger partial charge on any atom is -0.508 e. The molecule has 0 fully saturated rings. The smallest absolute Gasteiger partial charge is 0.267 e. The van der Waals surface area contributed by atoms with Gasteiger partial charge in [0.25, 0.3) is 6.29 Å². The Bertz CT molecular complexity index is 3240. The van der Waals surface area contributed by atoms with Crippen LogP contribution in [0.4, 0.5) is 0 Å². The van der Waals surface area contributed by atoms with Crippen LogP contribution < -0.4 is 20.3 Å². The number of hydrogen-bond acceptors (Lipinski definition) is 11. The summed E-state index contributed by atoms with van der Waals surface area (Å²) in [6.07, 6.45) is -1.22. The Labute approximate surface area is 297 Å². The molecule has 0 saturated carbocycles. The van der Waals surface area contributed by atoms with Crippen LogP contribution in [0.15, 0.2) is 39.9 Å². The van der Waals surface area contributed by atoms with Crippen molar-refractivity contribution in [2.45, 2.75) is 52.7 Å². The monoisotopic (exact) mass is 710 g/mol. The third kappa shape index (κ3) is 3.36. The Morgan fingerprint density at radius 2 is 0.943 bits per heavy atom. The van der Waals surface area contributed by atoms with Crippen LogP contribution in [0, 0.1) is 6.92 Å². The summed E-state index contributed by atoms with van der Waals surface area (Å²) in [5, 5.41) is 82.5. The fourth-order valence-electron chi connectivity index (χ4n) is 9.19. The number of hydrogen-bond donors (Lipinski definition) is 7. The van der Waals surface area contributed by atoms with Crippen molar-refractivity contribution in [3.05, 3.63) is 73.0 Å². The van der Waals surface area contributed by atoms with Crippen molar-refractivity contribution in [2.75, 3.05) is 0 Å². The molecule has 0 spiro atoms. The first-order chi connectivity index (χ1) is 25.2. The molecule has 0 aromatic heterocycles. The Kier molecular flexibility index (Phi) is 5.65. The SMILES string of the molecule is Cc1c(O)c2c(=O)c3c(O)c(C(C)C)c(O)c4c5c(O)c(C(C)C)c(O)c6c(=O)c7c(O)cc8c9c(c1OC(c1ccc(O)cc1)O8)c2c(c34)c(c79)c65. The van der Waals surface area contributed by atoms with Gasteiger partial charge in [-0.1, -0.05) is 27.7 Å². The highest BCUT2D eigenvalue weighted by molar-refractivity contribution is 6.51. The Morgan fingerprint density at radius 1 is 0.509 bits per heavy atom. The van der Waals surface area contributed by atoms with Crippen molar-refractivity contribution in [1.82, 2.24) is 0 Å². The first-order valence-corrected chi connectivity index (χ1v) is 17.2. The van der Waals surface area contributed by atoms with Crippen molar-refractivity contribution in [1.29, 1.82) is 0 Å². The number of aromatic hydroxyl groups is 7. The lowest BCUT2D eigenvalue weighted by molar-refractivity contribution is 0.00741. The van der Waals surface area contributed by atoms with E-state index in [2.05, 4.69) is 0 Å². The molecule has 0 amide bonds. The Morgan fingerprint density at radius 3 is 1.47 bits per heavy atom. The van der Waals surface area contributed by atoms with E-state index in [1.807, 2.05) is 0 Å². The highest BCUT2D eigenvalue weighted by atomic mass is 16.7. The van der Waals surface area contributed by atoms with E-state index in [-0.39, 0.29) is 109 Å². The van der Waals surface area contributed by atoms with Gasteiger partial charge in [-0.15, -0.1) is 0 Å². The van der Waals surface area contributed by atoms with Crippen LogP contribution in [0.5, 0.6) is 51.7 Å². The zero-order valence-electron chi connectivity index (χ0n) is 28.9. The van der Waals surface area contributed by atoms with E-state index >= 15 is 0 Å². The van der Waals surface area contributed by atoms with E-state index in [0.29, 0.717) is 5.56 Å². The lowest BCUT2D eigenvalue weighted by atomic mass is 9.76. The summed E-state index contributed by atoms with van der Waals surface area (Å²) in [6, 6.07) is 7.31. The highest BCUT2D eigenvalue weighted by Gasteiger charge is 2.39. The standard InChI is InChI=1S/C42H30O11/c1-11(2)18-35(46)28-25-23-22-20(39(50)32(25)37(18)48)16(44)10-17-21(22)30-27-24(23)26-29(28)36(47)19(12(3)4)38(49)33(26)40(51)31(27)34(45)13(5)41(30)53-42(52-17)14-6-8-15(43)9-7-14/h6-12,42-49H,1-5H3. The molecule has 11 heteroatoms. The first kappa shape index (κ1) is 31.1. The van der Waals surface area contributed by atoms with Gasteiger partial charge in [-0.2, -0.15) is 0 Å². The molecule has 1 heterocycles. The van der Waals surface area contributed by atoms with Gasteiger partial charge >= 0.3 is 0 Å². The van der Waals surface area contributed by atoms with E-state index < -0.39 is 63.5 Å². The normalized spacial score (nSPS) is 14.9. The second-order valence-electron chi connectivity index (χ2n) is 14.8. The van der Waals surface area contributed by atoms with Crippen LogP contribution in [0.2, 0.25) is 0 Å². The van der Waals surface area contributed by atoms with Crippen molar-refractivity contribution >= 4 is 75.4 Å². The van der Waals surface area contributed by atoms with E-state index in [9.17, 15) is 45.3 Å². The molecule has 1 unspecified atom stereocenters. The summed E-state index contributed by atoms with van der Waals surface area (Å²) in [5.74, 6) is -3.68. The number of fused-ring (bicyclic) bond motifs is 1. The van der Waals surface area contributed by atoms with Gasteiger partial charge < -0.3 is 45.2 Å². The second-order valence-corrected chi connectivity index (χ2v) is 14.8. The number of phenolic OH excluding ortho intramolecular Hbond substituents is 7. The molecular weight excluding hydrogens is 680 g/mol. The topological polar surface area (TPSA) is 194 Å². The quantitative estimate of drug-likeness (QED) is 0.0690. The molecule has 1 aliphatic rings. The Balaban J connectivity index is 1.63. The molecule has 1 aliphatic heterocycles. The predicted molar refractivity (Wildman–Crippen MR) is 201 cm³/mol. The number of ether oxygens (including phenoxy) is 2. The van der Waals surface area contributed by atoms with Gasteiger partial charge in [-0.3, -0.25) is 9.59 Å². The lowest BCUT2D eigenvalue weighted by Crippen LogP contribution is -2.14. The molecular formula is C42H30O11. The number of rotatable bonds is 3. The zero-order valence-corrected chi connectivity index (χ0v) is 28.9. The van der Waals surface area contributed by atoms with Gasteiger partial charge in [-0.05, 0) is 43.0 Å². The van der Waals surface area contributed by atoms with Crippen molar-refractivity contribution in [3.63, 3.8) is 0 Å². The zero-order chi connectivity index (χ0) is 37.4. The Hall–Kier alpha value is -6.62. The van der Waals surface area contributed by atoms with Crippen molar-refractivity contribution < 1.29 is 45.2 Å². The van der Waals surface area contributed by atoms with Crippen LogP contribution in [0.25, 0.3) is 75.4 Å². The maximum absolute atomic E-state index is 14.9. The third-order valence-corrected chi connectivity index (χ3v) is 11.3. The molecule has 11 nitrogen and oxygen atoms in total. The van der Waals surface area contributed by atoms with Gasteiger partial charge in [0.1, 0.15) is 51.7 Å². The van der Waals surface area contributed by atoms with Crippen LogP contribution in [0.3, 0.4) is 0 Å². The summed E-state index contributed by atoms with van der Waals surface area (Å²) in [4.78, 5) is 29.8. The number of benzene rings is 9. The van der Waals surface area contributed by atoms with E-state index in [1.54, 1.807) is 46.8 Å². The van der Waals surface area contributed by atoms with Crippen LogP contribution in [0.1, 0.15) is 68.1 Å². The van der Waals surface area contributed by atoms with Gasteiger partial charge in [0.15, 0.2) is 0 Å². The molecule has 0 aliphatic carbocycles. The lowest BCUT2D eigenvalue weighted by Gasteiger charge is -2.27. The maximum atomic E-state index is 14.9. The second kappa shape index (κ2) is 9.62. The van der Waals surface area contributed by atoms with Crippen molar-refractivity contribution in [3.8, 4) is 51.7 Å². The van der Waals surface area contributed by atoms with Crippen molar-refractivity contribution in [2.24, 2.45) is 0 Å². The van der Waals surface area contributed by atoms with Gasteiger partial charge in [-0.25, -0.2) is 0 Å². The molecule has 264 valence electrons. The molecule has 53 heavy (non-hydrogen) atoms. The number of phenols is 7. The van der Waals surface area contributed by atoms with Crippen LogP contribution in [-0.4, -0.2) is 35.7 Å². The summed E-state index contributed by atoms with van der Waals surface area (Å²) in [5.41, 5.74) is -0.855. The average Bonchev–Trinajstić information content (AvgIpc) is 3.26. The van der Waals surface area contributed by atoms with E-state index in [0.717, 1.165) is 0 Å². The molecule has 9 aromatic rings. The van der Waals surface area contributed by atoms with Gasteiger partial charge in [0.2, 0.25) is 10.9 Å². The molecule has 7 N–H and O–H groups in total. The minimum atomic E-state index is -1.22. The molecule has 0 bridgehead atoms. The molecule has 10 rings (SSSR count). The average molecular weight is 711 g/mol. The molecule has 0 saturated heterocycles. The van der Waals surface area contributed by atoms with Gasteiger partial charge in [0, 0.05) is 82.2 Å². The highest BCUT2D eigenvalue weighted by Crippen LogP contribution is 2.62. The predicted octanol–water partition coefficient (Wildman–Crippen LogP) is 8.20. The van der Waals surface area contributed by atoms with Gasteiger partial charge in [0.05, 0.1) is 21.5 Å². The molecule has 1 atom stereocenters. The van der Waals surface area contributed by atoms with E-state index in [4.69, 9.17) is 9.47 Å². The maximum Gasteiger partial charge on any atom is 0.267 e. The largest absolute Gasteiger partial charge is 0.508 e. The summed E-state index contributed by atoms with van der Waals surface area (Å²) < 4.78 is 13.0. The van der Waals surface area contributed by atoms with E-state index in [1.165, 1.54) is 18.2 Å². The molecule has 9 aromatic carbocycles. The third-order valence-electron chi connectivity index (χ3n) is 11.3. The summed E-state index contributed by atoms with van der Waals surface area (Å²) >= 11 is 0. The minimum absolute atomic E-state index is 0.00667. The summed E-state index contributed by atoms with van der Waals surface area (Å²) in [6.45, 7) is 8.42. The first-order valence-electron chi connectivity index (χ1n) is 17.2. The fraction of sp³-hybridized carbons (Fsp3) is 0.190. The summed E-state index contributed by atoms with van der Waals surface area (Å²) in [7, 11) is 0. The fourth-order valence-corrected chi connectivity index (χ4v) is 9.19. The van der Waals surface area contributed by atoms with Crippen LogP contribution >= 0.6 is 0 Å². The molecule has 0 radical (unpaired) electrons. The van der Waals surface area contributed by atoms with Crippen LogP contribution in [-0.2, 0) is 0 Å².